The Morgan fingerprint density at radius 1 is 1.00 bits per heavy atom. The Labute approximate surface area is 152 Å². The van der Waals surface area contributed by atoms with Gasteiger partial charge in [0, 0.05) is 12.1 Å². The lowest BCUT2D eigenvalue weighted by atomic mass is 10.0. The van der Waals surface area contributed by atoms with Crippen molar-refractivity contribution in [3.63, 3.8) is 0 Å². The highest BCUT2D eigenvalue weighted by Crippen LogP contribution is 2.16. The molecule has 0 aromatic heterocycles. The van der Waals surface area contributed by atoms with Crippen molar-refractivity contribution in [3.05, 3.63) is 65.7 Å². The van der Waals surface area contributed by atoms with Gasteiger partial charge < -0.3 is 14.6 Å². The third-order valence-electron chi connectivity index (χ3n) is 3.61. The molecule has 26 heavy (non-hydrogen) atoms. The van der Waals surface area contributed by atoms with Crippen LogP contribution in [-0.4, -0.2) is 29.4 Å². The van der Waals surface area contributed by atoms with Crippen LogP contribution in [0.5, 0.6) is 0 Å². The van der Waals surface area contributed by atoms with E-state index in [1.165, 1.54) is 0 Å². The van der Waals surface area contributed by atoms with Gasteiger partial charge in [0.1, 0.15) is 6.61 Å². The molecule has 1 amide bonds. The number of benzene rings is 2. The summed E-state index contributed by atoms with van der Waals surface area (Å²) in [6.45, 7) is 3.63. The highest BCUT2D eigenvalue weighted by Gasteiger charge is 2.21. The number of ether oxygens (including phenoxy) is 2. The third-order valence-corrected chi connectivity index (χ3v) is 3.61. The molecule has 0 spiro atoms. The van der Waals surface area contributed by atoms with Crippen LogP contribution in [0.4, 0.5) is 10.5 Å². The molecule has 2 aromatic carbocycles. The number of amides is 1. The van der Waals surface area contributed by atoms with Crippen LogP contribution in [0.1, 0.15) is 25.0 Å². The molecule has 0 fully saturated rings. The predicted molar refractivity (Wildman–Crippen MR) is 98.0 cm³/mol. The minimum absolute atomic E-state index is 0.0445. The summed E-state index contributed by atoms with van der Waals surface area (Å²) in [5, 5.41) is 12.0. The molecule has 1 atom stereocenters. The topological polar surface area (TPSA) is 84.9 Å². The van der Waals surface area contributed by atoms with E-state index in [0.29, 0.717) is 5.69 Å². The summed E-state index contributed by atoms with van der Waals surface area (Å²) in [6.07, 6.45) is -1.52. The Morgan fingerprint density at radius 2 is 1.62 bits per heavy atom. The van der Waals surface area contributed by atoms with Crippen LogP contribution in [0.2, 0.25) is 0 Å². The number of carboxylic acid groups (broad SMARTS) is 1. The summed E-state index contributed by atoms with van der Waals surface area (Å²) >= 11 is 0. The van der Waals surface area contributed by atoms with Gasteiger partial charge in [0.2, 0.25) is 0 Å². The van der Waals surface area contributed by atoms with Gasteiger partial charge in [-0.25, -0.2) is 9.59 Å². The predicted octanol–water partition coefficient (Wildman–Crippen LogP) is 3.86. The molecular weight excluding hydrogens is 334 g/mol. The van der Waals surface area contributed by atoms with E-state index in [1.807, 2.05) is 36.4 Å². The van der Waals surface area contributed by atoms with Crippen molar-refractivity contribution in [1.82, 2.24) is 0 Å². The normalized spacial score (nSPS) is 11.8. The van der Waals surface area contributed by atoms with Gasteiger partial charge in [-0.05, 0) is 37.1 Å². The van der Waals surface area contributed by atoms with Gasteiger partial charge in [-0.1, -0.05) is 42.5 Å². The molecule has 2 aromatic rings. The fourth-order valence-electron chi connectivity index (χ4n) is 2.44. The summed E-state index contributed by atoms with van der Waals surface area (Å²) in [6, 6.07) is 16.2. The second-order valence-corrected chi connectivity index (χ2v) is 6.05. The van der Waals surface area contributed by atoms with Gasteiger partial charge in [-0.15, -0.1) is 0 Å². The number of anilines is 1. The minimum atomic E-state index is -1.02. The number of hydrogen-bond acceptors (Lipinski definition) is 4. The summed E-state index contributed by atoms with van der Waals surface area (Å²) in [7, 11) is 0. The average Bonchev–Trinajstić information content (AvgIpc) is 2.61. The molecule has 0 aliphatic rings. The molecule has 138 valence electrons. The molecule has 0 aliphatic heterocycles. The number of carbonyl (C=O) groups is 2. The molecule has 1 unspecified atom stereocenters. The molecule has 0 saturated carbocycles. The zero-order valence-electron chi connectivity index (χ0n) is 14.8. The molecule has 2 rings (SSSR count). The first-order chi connectivity index (χ1) is 12.5. The minimum Gasteiger partial charge on any atom is -0.479 e. The van der Waals surface area contributed by atoms with E-state index in [0.717, 1.165) is 11.1 Å². The van der Waals surface area contributed by atoms with Crippen LogP contribution < -0.4 is 5.32 Å². The van der Waals surface area contributed by atoms with Crippen molar-refractivity contribution in [1.29, 1.82) is 0 Å². The van der Waals surface area contributed by atoms with Crippen molar-refractivity contribution >= 4 is 17.7 Å². The lowest BCUT2D eigenvalue weighted by Crippen LogP contribution is -2.29. The second-order valence-electron chi connectivity index (χ2n) is 6.05. The Hall–Kier alpha value is -2.86. The zero-order chi connectivity index (χ0) is 18.9. The van der Waals surface area contributed by atoms with E-state index in [-0.39, 0.29) is 19.1 Å². The molecule has 6 heteroatoms. The Kier molecular flexibility index (Phi) is 7.17. The SMILES string of the molecule is CC(C)OC(Cc1ccccc1COC(=O)Nc1ccccc1)C(=O)O. The maximum Gasteiger partial charge on any atom is 0.411 e. The van der Waals surface area contributed by atoms with Gasteiger partial charge in [-0.3, -0.25) is 5.32 Å². The van der Waals surface area contributed by atoms with E-state index in [2.05, 4.69) is 5.32 Å². The molecule has 0 bridgehead atoms. The number of hydrogen-bond donors (Lipinski definition) is 2. The van der Waals surface area contributed by atoms with Crippen LogP contribution in [0.15, 0.2) is 54.6 Å². The Morgan fingerprint density at radius 3 is 2.23 bits per heavy atom. The van der Waals surface area contributed by atoms with Crippen LogP contribution in [0.3, 0.4) is 0 Å². The summed E-state index contributed by atoms with van der Waals surface area (Å²) in [5.41, 5.74) is 2.16. The van der Waals surface area contributed by atoms with Crippen molar-refractivity contribution in [2.75, 3.05) is 5.32 Å². The lowest BCUT2D eigenvalue weighted by Gasteiger charge is -2.18. The van der Waals surface area contributed by atoms with E-state index in [9.17, 15) is 14.7 Å². The molecule has 0 saturated heterocycles. The first-order valence-corrected chi connectivity index (χ1v) is 8.39. The molecular formula is C20H23NO5. The largest absolute Gasteiger partial charge is 0.479 e. The first-order valence-electron chi connectivity index (χ1n) is 8.39. The van der Waals surface area contributed by atoms with Crippen molar-refractivity contribution in [2.45, 2.75) is 39.1 Å². The number of para-hydroxylation sites is 1. The fourth-order valence-corrected chi connectivity index (χ4v) is 2.44. The number of nitrogens with one attached hydrogen (secondary N) is 1. The van der Waals surface area contributed by atoms with Crippen molar-refractivity contribution in [2.24, 2.45) is 0 Å². The van der Waals surface area contributed by atoms with Gasteiger partial charge in [0.15, 0.2) is 6.10 Å². The smallest absolute Gasteiger partial charge is 0.411 e. The van der Waals surface area contributed by atoms with Gasteiger partial charge in [-0.2, -0.15) is 0 Å². The van der Waals surface area contributed by atoms with E-state index >= 15 is 0 Å². The first kappa shape index (κ1) is 19.5. The van der Waals surface area contributed by atoms with Gasteiger partial charge >= 0.3 is 12.1 Å². The monoisotopic (exact) mass is 357 g/mol. The lowest BCUT2D eigenvalue weighted by molar-refractivity contribution is -0.153. The maximum atomic E-state index is 11.9. The van der Waals surface area contributed by atoms with Crippen LogP contribution in [0.25, 0.3) is 0 Å². The average molecular weight is 357 g/mol. The highest BCUT2D eigenvalue weighted by molar-refractivity contribution is 5.84. The molecule has 0 aliphatic carbocycles. The summed E-state index contributed by atoms with van der Waals surface area (Å²) < 4.78 is 10.7. The highest BCUT2D eigenvalue weighted by atomic mass is 16.5. The fraction of sp³-hybridized carbons (Fsp3) is 0.300. The molecule has 0 radical (unpaired) electrons. The third kappa shape index (κ3) is 6.22. The Balaban J connectivity index is 1.99. The van der Waals surface area contributed by atoms with Gasteiger partial charge in [0.05, 0.1) is 6.10 Å². The maximum absolute atomic E-state index is 11.9. The standard InChI is InChI=1S/C20H23NO5/c1-14(2)26-18(19(22)23)12-15-8-6-7-9-16(15)13-25-20(24)21-17-10-4-3-5-11-17/h3-11,14,18H,12-13H2,1-2H3,(H,21,24)(H,22,23). The number of aliphatic carboxylic acids is 1. The van der Waals surface area contributed by atoms with Crippen LogP contribution in [0, 0.1) is 0 Å². The van der Waals surface area contributed by atoms with Gasteiger partial charge in [0.25, 0.3) is 0 Å². The van der Waals surface area contributed by atoms with Crippen molar-refractivity contribution < 1.29 is 24.2 Å². The van der Waals surface area contributed by atoms with Crippen LogP contribution >= 0.6 is 0 Å². The molecule has 0 heterocycles. The number of carbonyl (C=O) groups excluding carboxylic acids is 1. The van der Waals surface area contributed by atoms with Crippen molar-refractivity contribution in [3.8, 4) is 0 Å². The summed E-state index contributed by atoms with van der Waals surface area (Å²) in [5.74, 6) is -1.02. The number of carboxylic acids is 1. The second kappa shape index (κ2) is 9.58. The molecule has 6 nitrogen and oxygen atoms in total. The summed E-state index contributed by atoms with van der Waals surface area (Å²) in [4.78, 5) is 23.3. The number of rotatable bonds is 8. The van der Waals surface area contributed by atoms with E-state index in [1.54, 1.807) is 32.0 Å². The quantitative estimate of drug-likeness (QED) is 0.749. The zero-order valence-corrected chi connectivity index (χ0v) is 14.8. The Bertz CT molecular complexity index is 730. The molecule has 2 N–H and O–H groups in total. The van der Waals surface area contributed by atoms with E-state index in [4.69, 9.17) is 9.47 Å². The van der Waals surface area contributed by atoms with Crippen LogP contribution in [-0.2, 0) is 27.3 Å². The van der Waals surface area contributed by atoms with E-state index < -0.39 is 18.2 Å².